The van der Waals surface area contributed by atoms with E-state index in [9.17, 15) is 9.59 Å². The van der Waals surface area contributed by atoms with Crippen LogP contribution in [0.2, 0.25) is 0 Å². The number of aliphatic imine (C=N–C) groups is 1. The van der Waals surface area contributed by atoms with Crippen molar-refractivity contribution in [1.82, 2.24) is 10.2 Å². The molecule has 2 rings (SSSR count). The maximum absolute atomic E-state index is 12.1. The van der Waals surface area contributed by atoms with Gasteiger partial charge >= 0.3 is 0 Å². The van der Waals surface area contributed by atoms with Crippen molar-refractivity contribution in [3.05, 3.63) is 23.8 Å². The molecule has 1 aromatic carbocycles. The molecule has 7 nitrogen and oxygen atoms in total. The lowest BCUT2D eigenvalue weighted by molar-refractivity contribution is -0.128. The molecular weight excluding hydrogens is 342 g/mol. The van der Waals surface area contributed by atoms with Crippen molar-refractivity contribution in [1.29, 1.82) is 0 Å². The number of hydrogen-bond donors (Lipinski definition) is 1. The summed E-state index contributed by atoms with van der Waals surface area (Å²) >= 11 is 1.33. The Kier molecular flexibility index (Phi) is 6.69. The van der Waals surface area contributed by atoms with Crippen LogP contribution in [0.25, 0.3) is 0 Å². The zero-order valence-electron chi connectivity index (χ0n) is 14.9. The van der Waals surface area contributed by atoms with Crippen LogP contribution >= 0.6 is 11.8 Å². The average molecular weight is 365 g/mol. The number of nitrogens with one attached hydrogen (secondary N) is 1. The predicted molar refractivity (Wildman–Crippen MR) is 98.4 cm³/mol. The Labute approximate surface area is 151 Å². The van der Waals surface area contributed by atoms with E-state index in [1.165, 1.54) is 16.7 Å². The molecule has 2 amide bonds. The number of amides is 2. The number of amidine groups is 1. The van der Waals surface area contributed by atoms with Crippen LogP contribution in [0, 0.1) is 0 Å². The SMILES string of the molecule is CN=C1SC(CC(=O)NCCc2ccc(OC)c(OC)c2)C(=O)N1C. The third-order valence-electron chi connectivity index (χ3n) is 3.89. The van der Waals surface area contributed by atoms with E-state index in [2.05, 4.69) is 10.3 Å². The zero-order valence-corrected chi connectivity index (χ0v) is 15.7. The lowest BCUT2D eigenvalue weighted by atomic mass is 10.1. The van der Waals surface area contributed by atoms with Crippen LogP contribution in [0.1, 0.15) is 12.0 Å². The van der Waals surface area contributed by atoms with E-state index >= 15 is 0 Å². The van der Waals surface area contributed by atoms with Gasteiger partial charge in [-0.2, -0.15) is 0 Å². The fraction of sp³-hybridized carbons (Fsp3) is 0.471. The number of carbonyl (C=O) groups is 2. The fourth-order valence-electron chi connectivity index (χ4n) is 2.52. The lowest BCUT2D eigenvalue weighted by Crippen LogP contribution is -2.33. The minimum Gasteiger partial charge on any atom is -0.493 e. The summed E-state index contributed by atoms with van der Waals surface area (Å²) in [5, 5.41) is 3.11. The predicted octanol–water partition coefficient (Wildman–Crippen LogP) is 1.31. The molecule has 8 heteroatoms. The molecule has 1 heterocycles. The topological polar surface area (TPSA) is 80.2 Å². The van der Waals surface area contributed by atoms with Crippen molar-refractivity contribution >= 4 is 28.7 Å². The molecular formula is C17H23N3O4S. The van der Waals surface area contributed by atoms with E-state index in [4.69, 9.17) is 9.47 Å². The Balaban J connectivity index is 1.82. The third-order valence-corrected chi connectivity index (χ3v) is 5.21. The van der Waals surface area contributed by atoms with Gasteiger partial charge < -0.3 is 14.8 Å². The fourth-order valence-corrected chi connectivity index (χ4v) is 3.62. The van der Waals surface area contributed by atoms with Gasteiger partial charge in [0.2, 0.25) is 11.8 Å². The summed E-state index contributed by atoms with van der Waals surface area (Å²) in [4.78, 5) is 29.7. The molecule has 0 spiro atoms. The van der Waals surface area contributed by atoms with Crippen LogP contribution in [0.4, 0.5) is 0 Å². The highest BCUT2D eigenvalue weighted by Crippen LogP contribution is 2.28. The quantitative estimate of drug-likeness (QED) is 0.788. The van der Waals surface area contributed by atoms with Gasteiger partial charge in [0.05, 0.1) is 14.2 Å². The average Bonchev–Trinajstić information content (AvgIpc) is 2.89. The van der Waals surface area contributed by atoms with Gasteiger partial charge in [-0.15, -0.1) is 0 Å². The number of rotatable bonds is 7. The van der Waals surface area contributed by atoms with Crippen molar-refractivity contribution in [3.63, 3.8) is 0 Å². The third kappa shape index (κ3) is 4.66. The van der Waals surface area contributed by atoms with Crippen molar-refractivity contribution in [2.75, 3.05) is 34.9 Å². The molecule has 1 unspecified atom stereocenters. The first-order valence-electron chi connectivity index (χ1n) is 7.88. The monoisotopic (exact) mass is 365 g/mol. The molecule has 0 aliphatic carbocycles. The first-order chi connectivity index (χ1) is 12.0. The van der Waals surface area contributed by atoms with Gasteiger partial charge in [0.15, 0.2) is 16.7 Å². The molecule has 1 atom stereocenters. The maximum Gasteiger partial charge on any atom is 0.242 e. The number of nitrogens with zero attached hydrogens (tertiary/aromatic N) is 2. The Morgan fingerprint density at radius 2 is 2.04 bits per heavy atom. The van der Waals surface area contributed by atoms with Crippen LogP contribution in [0.3, 0.4) is 0 Å². The number of methoxy groups -OCH3 is 2. The molecule has 1 aliphatic rings. The molecule has 1 aromatic rings. The summed E-state index contributed by atoms with van der Waals surface area (Å²) in [6.07, 6.45) is 0.818. The van der Waals surface area contributed by atoms with Crippen molar-refractivity contribution in [3.8, 4) is 11.5 Å². The molecule has 1 aliphatic heterocycles. The van der Waals surface area contributed by atoms with E-state index < -0.39 is 5.25 Å². The number of carbonyl (C=O) groups excluding carboxylic acids is 2. The molecule has 0 aromatic heterocycles. The minimum atomic E-state index is -0.398. The van der Waals surface area contributed by atoms with Gasteiger partial charge in [-0.25, -0.2) is 0 Å². The van der Waals surface area contributed by atoms with Crippen LogP contribution < -0.4 is 14.8 Å². The second kappa shape index (κ2) is 8.75. The second-order valence-corrected chi connectivity index (χ2v) is 6.67. The molecule has 0 radical (unpaired) electrons. The molecule has 0 saturated carbocycles. The summed E-state index contributed by atoms with van der Waals surface area (Å²) < 4.78 is 10.5. The standard InChI is InChI=1S/C17H23N3O4S/c1-18-17-20(2)16(22)14(25-17)10-15(21)19-8-7-11-5-6-12(23-3)13(9-11)24-4/h5-6,9,14H,7-8,10H2,1-4H3,(H,19,21). The van der Waals surface area contributed by atoms with Gasteiger partial charge in [-0.3, -0.25) is 19.5 Å². The molecule has 1 fully saturated rings. The Morgan fingerprint density at radius 3 is 2.64 bits per heavy atom. The Morgan fingerprint density at radius 1 is 1.32 bits per heavy atom. The zero-order chi connectivity index (χ0) is 18.4. The van der Waals surface area contributed by atoms with Gasteiger partial charge in [0, 0.05) is 27.1 Å². The summed E-state index contributed by atoms with van der Waals surface area (Å²) in [5.74, 6) is 1.11. The molecule has 136 valence electrons. The van der Waals surface area contributed by atoms with Gasteiger partial charge in [-0.05, 0) is 24.1 Å². The van der Waals surface area contributed by atoms with Gasteiger partial charge in [-0.1, -0.05) is 17.8 Å². The summed E-state index contributed by atoms with van der Waals surface area (Å²) in [6.45, 7) is 0.491. The molecule has 25 heavy (non-hydrogen) atoms. The smallest absolute Gasteiger partial charge is 0.242 e. The number of ether oxygens (including phenoxy) is 2. The normalized spacial score (nSPS) is 18.6. The maximum atomic E-state index is 12.1. The minimum absolute atomic E-state index is 0.0827. The number of thioether (sulfide) groups is 1. The van der Waals surface area contributed by atoms with E-state index in [1.807, 2.05) is 18.2 Å². The first-order valence-corrected chi connectivity index (χ1v) is 8.76. The van der Waals surface area contributed by atoms with Crippen LogP contribution in [-0.4, -0.2) is 62.0 Å². The summed E-state index contributed by atoms with van der Waals surface area (Å²) in [6, 6.07) is 5.66. The van der Waals surface area contributed by atoms with Crippen LogP contribution in [0.5, 0.6) is 11.5 Å². The van der Waals surface area contributed by atoms with Crippen LogP contribution in [-0.2, 0) is 16.0 Å². The Bertz CT molecular complexity index is 678. The van der Waals surface area contributed by atoms with Gasteiger partial charge in [0.1, 0.15) is 5.25 Å². The van der Waals surface area contributed by atoms with E-state index in [-0.39, 0.29) is 18.2 Å². The highest BCUT2D eigenvalue weighted by atomic mass is 32.2. The lowest BCUT2D eigenvalue weighted by Gasteiger charge is -2.11. The number of benzene rings is 1. The van der Waals surface area contributed by atoms with E-state index in [0.717, 1.165) is 5.56 Å². The van der Waals surface area contributed by atoms with Crippen molar-refractivity contribution < 1.29 is 19.1 Å². The van der Waals surface area contributed by atoms with Crippen LogP contribution in [0.15, 0.2) is 23.2 Å². The molecule has 0 bridgehead atoms. The number of hydrogen-bond acceptors (Lipinski definition) is 6. The summed E-state index contributed by atoms with van der Waals surface area (Å²) in [5.41, 5.74) is 1.03. The molecule has 1 N–H and O–H groups in total. The largest absolute Gasteiger partial charge is 0.493 e. The first kappa shape index (κ1) is 19.1. The van der Waals surface area contributed by atoms with E-state index in [0.29, 0.717) is 29.6 Å². The van der Waals surface area contributed by atoms with Gasteiger partial charge in [0.25, 0.3) is 0 Å². The summed E-state index contributed by atoms with van der Waals surface area (Å²) in [7, 11) is 6.49. The van der Waals surface area contributed by atoms with Crippen molar-refractivity contribution in [2.24, 2.45) is 4.99 Å². The second-order valence-electron chi connectivity index (χ2n) is 5.50. The molecule has 1 saturated heterocycles. The van der Waals surface area contributed by atoms with Crippen molar-refractivity contribution in [2.45, 2.75) is 18.1 Å². The highest BCUT2D eigenvalue weighted by Gasteiger charge is 2.36. The highest BCUT2D eigenvalue weighted by molar-refractivity contribution is 8.15. The Hall–Kier alpha value is -2.22. The van der Waals surface area contributed by atoms with E-state index in [1.54, 1.807) is 28.3 Å².